The third kappa shape index (κ3) is 3.58. The minimum Gasteiger partial charge on any atom is -0.481 e. The Labute approximate surface area is 153 Å². The minimum absolute atomic E-state index is 0.166. The molecule has 2 N–H and O–H groups in total. The maximum Gasteiger partial charge on any atom is 0.307 e. The molecule has 1 aromatic carbocycles. The summed E-state index contributed by atoms with van der Waals surface area (Å²) in [7, 11) is 0. The Morgan fingerprint density at radius 2 is 1.96 bits per heavy atom. The standard InChI is InChI=1S/C18H16FN3O3S/c19-13-8-4-3-7-12(13)15-14(9-20)26-18(21-15)22-16(23)10-5-1-2-6-11(10)17(24)25/h3-4,7-8,10-11H,1-2,5-6H2,(H,24,25)(H,21,22,23)/t10-,11+/m0/s1. The van der Waals surface area contributed by atoms with Gasteiger partial charge in [0.1, 0.15) is 22.5 Å². The second kappa shape index (κ2) is 7.62. The van der Waals surface area contributed by atoms with E-state index < -0.39 is 29.5 Å². The lowest BCUT2D eigenvalue weighted by Crippen LogP contribution is -2.36. The number of anilines is 1. The molecule has 8 heteroatoms. The molecule has 1 saturated carbocycles. The summed E-state index contributed by atoms with van der Waals surface area (Å²) >= 11 is 0.947. The first-order chi connectivity index (χ1) is 12.5. The smallest absolute Gasteiger partial charge is 0.307 e. The van der Waals surface area contributed by atoms with Crippen LogP contribution in [-0.2, 0) is 9.59 Å². The van der Waals surface area contributed by atoms with Gasteiger partial charge in [0.15, 0.2) is 5.13 Å². The van der Waals surface area contributed by atoms with Gasteiger partial charge in [-0.2, -0.15) is 5.26 Å². The molecule has 134 valence electrons. The molecule has 6 nitrogen and oxygen atoms in total. The fourth-order valence-electron chi connectivity index (χ4n) is 3.22. The van der Waals surface area contributed by atoms with E-state index in [4.69, 9.17) is 0 Å². The highest BCUT2D eigenvalue weighted by atomic mass is 32.1. The maximum absolute atomic E-state index is 14.0. The van der Waals surface area contributed by atoms with Crippen molar-refractivity contribution in [3.05, 3.63) is 35.0 Å². The number of aromatic nitrogens is 1. The Morgan fingerprint density at radius 1 is 1.27 bits per heavy atom. The molecule has 0 unspecified atom stereocenters. The number of nitriles is 1. The summed E-state index contributed by atoms with van der Waals surface area (Å²) in [6, 6.07) is 7.92. The average Bonchev–Trinajstić information content (AvgIpc) is 3.04. The second-order valence-corrected chi connectivity index (χ2v) is 7.11. The lowest BCUT2D eigenvalue weighted by Gasteiger charge is -2.26. The summed E-state index contributed by atoms with van der Waals surface area (Å²) in [4.78, 5) is 28.3. The molecule has 1 aliphatic rings. The highest BCUT2D eigenvalue weighted by Gasteiger charge is 2.36. The largest absolute Gasteiger partial charge is 0.481 e. The van der Waals surface area contributed by atoms with Gasteiger partial charge in [-0.3, -0.25) is 9.59 Å². The molecule has 1 aromatic heterocycles. The van der Waals surface area contributed by atoms with Crippen molar-refractivity contribution in [1.82, 2.24) is 4.98 Å². The van der Waals surface area contributed by atoms with Crippen molar-refractivity contribution in [2.75, 3.05) is 5.32 Å². The van der Waals surface area contributed by atoms with Crippen LogP contribution in [0.3, 0.4) is 0 Å². The van der Waals surface area contributed by atoms with E-state index in [1.165, 1.54) is 18.2 Å². The van der Waals surface area contributed by atoms with Gasteiger partial charge in [0.05, 0.1) is 11.8 Å². The molecule has 0 spiro atoms. The number of hydrogen-bond acceptors (Lipinski definition) is 5. The molecule has 3 rings (SSSR count). The van der Waals surface area contributed by atoms with E-state index >= 15 is 0 Å². The highest BCUT2D eigenvalue weighted by Crippen LogP contribution is 2.34. The molecule has 0 bridgehead atoms. The summed E-state index contributed by atoms with van der Waals surface area (Å²) in [5.74, 6) is -3.26. The molecular formula is C18H16FN3O3S. The van der Waals surface area contributed by atoms with Crippen molar-refractivity contribution in [2.45, 2.75) is 25.7 Å². The Balaban J connectivity index is 1.85. The van der Waals surface area contributed by atoms with E-state index in [-0.39, 0.29) is 21.3 Å². The number of halogens is 1. The van der Waals surface area contributed by atoms with E-state index in [9.17, 15) is 24.3 Å². The average molecular weight is 373 g/mol. The Kier molecular flexibility index (Phi) is 5.28. The van der Waals surface area contributed by atoms with Gasteiger partial charge in [-0.15, -0.1) is 0 Å². The summed E-state index contributed by atoms with van der Waals surface area (Å²) in [6.07, 6.45) is 2.55. The number of nitrogens with one attached hydrogen (secondary N) is 1. The number of aliphatic carboxylic acids is 1. The van der Waals surface area contributed by atoms with E-state index in [2.05, 4.69) is 10.3 Å². The van der Waals surface area contributed by atoms with Gasteiger partial charge >= 0.3 is 5.97 Å². The molecule has 0 aliphatic heterocycles. The van der Waals surface area contributed by atoms with Crippen molar-refractivity contribution >= 4 is 28.3 Å². The SMILES string of the molecule is N#Cc1sc(NC(=O)[C@H]2CCCC[C@H]2C(=O)O)nc1-c1ccccc1F. The number of amides is 1. The molecule has 1 heterocycles. The lowest BCUT2D eigenvalue weighted by atomic mass is 9.79. The summed E-state index contributed by atoms with van der Waals surface area (Å²) < 4.78 is 14.0. The van der Waals surface area contributed by atoms with Gasteiger partial charge in [0, 0.05) is 5.56 Å². The zero-order chi connectivity index (χ0) is 18.7. The van der Waals surface area contributed by atoms with Crippen LogP contribution in [0.1, 0.15) is 30.6 Å². The van der Waals surface area contributed by atoms with Crippen molar-refractivity contribution in [3.8, 4) is 17.3 Å². The number of carbonyl (C=O) groups excluding carboxylic acids is 1. The van der Waals surface area contributed by atoms with Gasteiger partial charge in [-0.05, 0) is 25.0 Å². The van der Waals surface area contributed by atoms with Crippen LogP contribution in [0.25, 0.3) is 11.3 Å². The number of carbonyl (C=O) groups is 2. The van der Waals surface area contributed by atoms with Crippen LogP contribution >= 0.6 is 11.3 Å². The second-order valence-electron chi connectivity index (χ2n) is 6.11. The van der Waals surface area contributed by atoms with Crippen LogP contribution in [0, 0.1) is 29.0 Å². The van der Waals surface area contributed by atoms with Crippen LogP contribution in [0.2, 0.25) is 0 Å². The minimum atomic E-state index is -0.978. The molecule has 1 amide bonds. The summed E-state index contributed by atoms with van der Waals surface area (Å²) in [5.41, 5.74) is 0.353. The molecule has 2 aromatic rings. The monoisotopic (exact) mass is 373 g/mol. The number of hydrogen-bond donors (Lipinski definition) is 2. The highest BCUT2D eigenvalue weighted by molar-refractivity contribution is 7.16. The van der Waals surface area contributed by atoms with Gasteiger partial charge in [-0.1, -0.05) is 36.3 Å². The van der Waals surface area contributed by atoms with E-state index in [1.54, 1.807) is 6.07 Å². The molecular weight excluding hydrogens is 357 g/mol. The zero-order valence-electron chi connectivity index (χ0n) is 13.7. The molecule has 1 aliphatic carbocycles. The van der Waals surface area contributed by atoms with Crippen molar-refractivity contribution in [1.29, 1.82) is 5.26 Å². The van der Waals surface area contributed by atoms with E-state index in [0.717, 1.165) is 24.2 Å². The fraction of sp³-hybridized carbons (Fsp3) is 0.333. The quantitative estimate of drug-likeness (QED) is 0.851. The molecule has 1 fully saturated rings. The third-order valence-electron chi connectivity index (χ3n) is 4.51. The van der Waals surface area contributed by atoms with Gasteiger partial charge in [-0.25, -0.2) is 9.37 Å². The van der Waals surface area contributed by atoms with Crippen molar-refractivity contribution in [3.63, 3.8) is 0 Å². The topological polar surface area (TPSA) is 103 Å². The summed E-state index contributed by atoms with van der Waals surface area (Å²) in [5, 5.41) is 21.4. The van der Waals surface area contributed by atoms with Crippen molar-refractivity contribution < 1.29 is 19.1 Å². The first-order valence-corrected chi connectivity index (χ1v) is 9.02. The zero-order valence-corrected chi connectivity index (χ0v) is 14.6. The van der Waals surface area contributed by atoms with Gasteiger partial charge in [0.25, 0.3) is 0 Å². The molecule has 2 atom stereocenters. The van der Waals surface area contributed by atoms with Crippen LogP contribution in [0.15, 0.2) is 24.3 Å². The van der Waals surface area contributed by atoms with Gasteiger partial charge in [0.2, 0.25) is 5.91 Å². The maximum atomic E-state index is 14.0. The lowest BCUT2D eigenvalue weighted by molar-refractivity contribution is -0.147. The predicted molar refractivity (Wildman–Crippen MR) is 93.9 cm³/mol. The Morgan fingerprint density at radius 3 is 2.62 bits per heavy atom. The number of nitrogens with zero attached hydrogens (tertiary/aromatic N) is 2. The van der Waals surface area contributed by atoms with Crippen molar-refractivity contribution in [2.24, 2.45) is 11.8 Å². The number of carboxylic acids is 1. The van der Waals surface area contributed by atoms with E-state index in [1.807, 2.05) is 6.07 Å². The first-order valence-electron chi connectivity index (χ1n) is 8.20. The molecule has 0 saturated heterocycles. The number of rotatable bonds is 4. The first kappa shape index (κ1) is 18.0. The molecule has 26 heavy (non-hydrogen) atoms. The van der Waals surface area contributed by atoms with Gasteiger partial charge < -0.3 is 10.4 Å². The van der Waals surface area contributed by atoms with Crippen LogP contribution < -0.4 is 5.32 Å². The predicted octanol–water partition coefficient (Wildman–Crippen LogP) is 3.65. The van der Waals surface area contributed by atoms with E-state index in [0.29, 0.717) is 12.8 Å². The van der Waals surface area contributed by atoms with Crippen LogP contribution in [0.5, 0.6) is 0 Å². The van der Waals surface area contributed by atoms with Crippen LogP contribution in [0.4, 0.5) is 9.52 Å². The normalized spacial score (nSPS) is 19.5. The number of carboxylic acid groups (broad SMARTS) is 1. The fourth-order valence-corrected chi connectivity index (χ4v) is 4.00. The Bertz CT molecular complexity index is 890. The Hall–Kier alpha value is -2.79. The summed E-state index contributed by atoms with van der Waals surface area (Å²) in [6.45, 7) is 0. The van der Waals surface area contributed by atoms with Crippen LogP contribution in [-0.4, -0.2) is 22.0 Å². The molecule has 0 radical (unpaired) electrons. The third-order valence-corrected chi connectivity index (χ3v) is 5.38. The number of benzene rings is 1. The number of thiazole rings is 1.